The van der Waals surface area contributed by atoms with Crippen molar-refractivity contribution in [2.24, 2.45) is 0 Å². The Bertz CT molecular complexity index is 798. The first-order valence-corrected chi connectivity index (χ1v) is 9.63. The Morgan fingerprint density at radius 2 is 1.96 bits per heavy atom. The van der Waals surface area contributed by atoms with E-state index in [1.807, 2.05) is 0 Å². The van der Waals surface area contributed by atoms with Gasteiger partial charge in [-0.05, 0) is 37.5 Å². The van der Waals surface area contributed by atoms with Crippen molar-refractivity contribution in [3.63, 3.8) is 0 Å². The predicted molar refractivity (Wildman–Crippen MR) is 102 cm³/mol. The van der Waals surface area contributed by atoms with Crippen molar-refractivity contribution >= 4 is 35.4 Å². The van der Waals surface area contributed by atoms with Crippen LogP contribution in [0.4, 0.5) is 4.79 Å². The summed E-state index contributed by atoms with van der Waals surface area (Å²) >= 11 is 5.88. The van der Waals surface area contributed by atoms with Crippen molar-refractivity contribution in [2.75, 3.05) is 26.2 Å². The topological polar surface area (TPSA) is 98.8 Å². The van der Waals surface area contributed by atoms with Crippen LogP contribution in [-0.4, -0.2) is 59.7 Å². The van der Waals surface area contributed by atoms with Gasteiger partial charge in [-0.25, -0.2) is 4.79 Å². The smallest absolute Gasteiger partial charge is 0.325 e. The van der Waals surface area contributed by atoms with Crippen molar-refractivity contribution in [1.82, 2.24) is 20.4 Å². The number of halogens is 1. The Labute approximate surface area is 168 Å². The quantitative estimate of drug-likeness (QED) is 0.525. The molecule has 0 aliphatic carbocycles. The molecule has 5 amide bonds. The lowest BCUT2D eigenvalue weighted by atomic mass is 9.92. The Hall–Kier alpha value is -2.61. The molecule has 1 aromatic rings. The minimum Gasteiger partial charge on any atom is -0.354 e. The number of amides is 5. The van der Waals surface area contributed by atoms with Crippen molar-refractivity contribution in [2.45, 2.75) is 31.7 Å². The number of rotatable bonds is 7. The van der Waals surface area contributed by atoms with E-state index in [9.17, 15) is 19.2 Å². The Balaban J connectivity index is 1.51. The number of benzene rings is 1. The zero-order valence-electron chi connectivity index (χ0n) is 15.7. The van der Waals surface area contributed by atoms with E-state index in [1.54, 1.807) is 36.1 Å². The molecule has 1 aromatic carbocycles. The molecule has 8 nitrogen and oxygen atoms in total. The maximum Gasteiger partial charge on any atom is 0.325 e. The van der Waals surface area contributed by atoms with Gasteiger partial charge in [-0.1, -0.05) is 23.7 Å². The van der Waals surface area contributed by atoms with Crippen LogP contribution in [-0.2, 0) is 19.9 Å². The number of urea groups is 1. The van der Waals surface area contributed by atoms with Gasteiger partial charge in [0, 0.05) is 31.1 Å². The van der Waals surface area contributed by atoms with E-state index in [0.717, 1.165) is 17.9 Å². The van der Waals surface area contributed by atoms with Gasteiger partial charge in [0.25, 0.3) is 5.91 Å². The molecular formula is C19H23ClN4O4. The number of nitrogens with zero attached hydrogens (tertiary/aromatic N) is 2. The molecule has 28 heavy (non-hydrogen) atoms. The molecule has 2 heterocycles. The van der Waals surface area contributed by atoms with Crippen LogP contribution < -0.4 is 10.6 Å². The van der Waals surface area contributed by atoms with Crippen LogP contribution in [0.25, 0.3) is 0 Å². The molecule has 0 radical (unpaired) electrons. The molecule has 0 spiro atoms. The van der Waals surface area contributed by atoms with Gasteiger partial charge in [-0.3, -0.25) is 19.3 Å². The summed E-state index contributed by atoms with van der Waals surface area (Å²) in [4.78, 5) is 51.4. The predicted octanol–water partition coefficient (Wildman–Crippen LogP) is 1.24. The Kier molecular flexibility index (Phi) is 5.88. The zero-order valence-corrected chi connectivity index (χ0v) is 16.4. The van der Waals surface area contributed by atoms with Crippen LogP contribution in [0.1, 0.15) is 31.7 Å². The van der Waals surface area contributed by atoms with E-state index in [2.05, 4.69) is 10.6 Å². The SMILES string of the molecule is C[C@]1(c2ccc(Cl)cc2)NC(=O)N(CC(=O)NCCCN2CCCC2=O)C1=O. The summed E-state index contributed by atoms with van der Waals surface area (Å²) in [7, 11) is 0. The van der Waals surface area contributed by atoms with Gasteiger partial charge in [-0.15, -0.1) is 0 Å². The number of nitrogens with one attached hydrogen (secondary N) is 2. The maximum atomic E-state index is 12.8. The molecule has 3 rings (SSSR count). The first-order valence-electron chi connectivity index (χ1n) is 9.26. The first-order chi connectivity index (χ1) is 13.3. The van der Waals surface area contributed by atoms with Gasteiger partial charge < -0.3 is 15.5 Å². The van der Waals surface area contributed by atoms with Crippen LogP contribution in [0, 0.1) is 0 Å². The third kappa shape index (κ3) is 4.11. The Morgan fingerprint density at radius 1 is 1.25 bits per heavy atom. The number of likely N-dealkylation sites (tertiary alicyclic amines) is 1. The van der Waals surface area contributed by atoms with Crippen molar-refractivity contribution < 1.29 is 19.2 Å². The highest BCUT2D eigenvalue weighted by Crippen LogP contribution is 2.29. The minimum atomic E-state index is -1.24. The highest BCUT2D eigenvalue weighted by molar-refractivity contribution is 6.30. The number of carbonyl (C=O) groups excluding carboxylic acids is 4. The third-order valence-electron chi connectivity index (χ3n) is 5.10. The molecule has 2 fully saturated rings. The second-order valence-electron chi connectivity index (χ2n) is 7.14. The fourth-order valence-electron chi connectivity index (χ4n) is 3.46. The molecule has 0 saturated carbocycles. The van der Waals surface area contributed by atoms with Crippen molar-refractivity contribution in [3.05, 3.63) is 34.9 Å². The monoisotopic (exact) mass is 406 g/mol. The molecule has 2 saturated heterocycles. The van der Waals surface area contributed by atoms with Gasteiger partial charge in [0.2, 0.25) is 11.8 Å². The minimum absolute atomic E-state index is 0.146. The molecule has 2 aliphatic heterocycles. The largest absolute Gasteiger partial charge is 0.354 e. The van der Waals surface area contributed by atoms with Crippen molar-refractivity contribution in [3.8, 4) is 0 Å². The molecule has 0 unspecified atom stereocenters. The molecule has 0 aromatic heterocycles. The number of imide groups is 1. The van der Waals surface area contributed by atoms with Gasteiger partial charge in [0.1, 0.15) is 12.1 Å². The lowest BCUT2D eigenvalue weighted by molar-refractivity contribution is -0.134. The molecule has 0 bridgehead atoms. The van der Waals surface area contributed by atoms with E-state index in [-0.39, 0.29) is 12.5 Å². The molecule has 150 valence electrons. The van der Waals surface area contributed by atoms with Crippen molar-refractivity contribution in [1.29, 1.82) is 0 Å². The summed E-state index contributed by atoms with van der Waals surface area (Å²) in [5, 5.41) is 5.87. The molecule has 2 N–H and O–H groups in total. The third-order valence-corrected chi connectivity index (χ3v) is 5.35. The normalized spacial score (nSPS) is 22.0. The second-order valence-corrected chi connectivity index (χ2v) is 7.58. The van der Waals surface area contributed by atoms with E-state index in [0.29, 0.717) is 36.5 Å². The maximum absolute atomic E-state index is 12.8. The van der Waals surface area contributed by atoms with Gasteiger partial charge in [0.05, 0.1) is 0 Å². The average Bonchev–Trinajstić information content (AvgIpc) is 3.16. The van der Waals surface area contributed by atoms with Crippen LogP contribution in [0.2, 0.25) is 5.02 Å². The lowest BCUT2D eigenvalue weighted by Crippen LogP contribution is -2.43. The number of carbonyl (C=O) groups is 4. The van der Waals surface area contributed by atoms with E-state index in [4.69, 9.17) is 11.6 Å². The first kappa shape index (κ1) is 20.1. The van der Waals surface area contributed by atoms with Crippen LogP contribution in [0.5, 0.6) is 0 Å². The van der Waals surface area contributed by atoms with Gasteiger partial charge >= 0.3 is 6.03 Å². The summed E-state index contributed by atoms with van der Waals surface area (Å²) < 4.78 is 0. The molecule has 2 aliphatic rings. The van der Waals surface area contributed by atoms with Gasteiger partial charge in [0.15, 0.2) is 0 Å². The summed E-state index contributed by atoms with van der Waals surface area (Å²) in [5.74, 6) is -0.763. The van der Waals surface area contributed by atoms with Crippen LogP contribution in [0.15, 0.2) is 24.3 Å². The molecule has 9 heteroatoms. The fourth-order valence-corrected chi connectivity index (χ4v) is 3.58. The average molecular weight is 407 g/mol. The lowest BCUT2D eigenvalue weighted by Gasteiger charge is -2.22. The van der Waals surface area contributed by atoms with E-state index in [1.165, 1.54) is 0 Å². The van der Waals surface area contributed by atoms with Crippen LogP contribution >= 0.6 is 11.6 Å². The highest BCUT2D eigenvalue weighted by Gasteiger charge is 2.49. The van der Waals surface area contributed by atoms with Crippen LogP contribution in [0.3, 0.4) is 0 Å². The summed E-state index contributed by atoms with van der Waals surface area (Å²) in [5.41, 5.74) is -0.647. The highest BCUT2D eigenvalue weighted by atomic mass is 35.5. The summed E-state index contributed by atoms with van der Waals surface area (Å²) in [6.45, 7) is 2.98. The summed E-state index contributed by atoms with van der Waals surface area (Å²) in [6.07, 6.45) is 2.09. The van der Waals surface area contributed by atoms with E-state index < -0.39 is 23.4 Å². The zero-order chi connectivity index (χ0) is 20.3. The standard InChI is InChI=1S/C19H23ClN4O4/c1-19(13-5-7-14(20)8-6-13)17(27)24(18(28)22-19)12-15(25)21-9-3-11-23-10-2-4-16(23)26/h5-8H,2-4,9-12H2,1H3,(H,21,25)(H,22,28)/t19-/m1/s1. The number of hydrogen-bond acceptors (Lipinski definition) is 4. The number of hydrogen-bond donors (Lipinski definition) is 2. The van der Waals surface area contributed by atoms with E-state index >= 15 is 0 Å². The Morgan fingerprint density at radius 3 is 2.61 bits per heavy atom. The molecule has 1 atom stereocenters. The summed E-state index contributed by atoms with van der Waals surface area (Å²) in [6, 6.07) is 6.01. The molecular weight excluding hydrogens is 384 g/mol. The fraction of sp³-hybridized carbons (Fsp3) is 0.474. The second kappa shape index (κ2) is 8.18. The van der Waals surface area contributed by atoms with Gasteiger partial charge in [-0.2, -0.15) is 0 Å².